The Kier molecular flexibility index (Phi) is 6.59. The fourth-order valence-corrected chi connectivity index (χ4v) is 4.55. The van der Waals surface area contributed by atoms with Gasteiger partial charge in [0.25, 0.3) is 5.91 Å². The lowest BCUT2D eigenvalue weighted by Gasteiger charge is -2.08. The minimum absolute atomic E-state index is 0.291. The number of nitrogens with one attached hydrogen (secondary N) is 1. The Morgan fingerprint density at radius 2 is 1.97 bits per heavy atom. The van der Waals surface area contributed by atoms with Crippen molar-refractivity contribution in [1.82, 2.24) is 4.98 Å². The second-order valence-corrected chi connectivity index (χ2v) is 8.34. The van der Waals surface area contributed by atoms with Crippen LogP contribution in [0.2, 0.25) is 0 Å². The first kappa shape index (κ1) is 21.0. The zero-order chi connectivity index (χ0) is 21.6. The van der Waals surface area contributed by atoms with Crippen LogP contribution in [-0.4, -0.2) is 25.1 Å². The van der Waals surface area contributed by atoms with Gasteiger partial charge < -0.3 is 13.9 Å². The number of thiazole rings is 1. The molecular weight excluding hydrogens is 432 g/mol. The van der Waals surface area contributed by atoms with Gasteiger partial charge in [-0.25, -0.2) is 4.98 Å². The third-order valence-corrected chi connectivity index (χ3v) is 6.32. The maximum absolute atomic E-state index is 12.8. The van der Waals surface area contributed by atoms with Crippen LogP contribution in [-0.2, 0) is 5.75 Å². The van der Waals surface area contributed by atoms with Crippen molar-refractivity contribution < 1.29 is 18.7 Å². The monoisotopic (exact) mass is 452 g/mol. The number of amides is 1. The van der Waals surface area contributed by atoms with E-state index in [2.05, 4.69) is 10.3 Å². The van der Waals surface area contributed by atoms with E-state index in [0.29, 0.717) is 33.8 Å². The van der Waals surface area contributed by atoms with Crippen LogP contribution in [0.1, 0.15) is 16.1 Å². The molecule has 31 heavy (non-hydrogen) atoms. The molecule has 0 saturated carbocycles. The number of carbonyl (C=O) groups excluding carboxylic acids is 1. The first-order valence-corrected chi connectivity index (χ1v) is 11.3. The molecule has 0 saturated heterocycles. The molecule has 1 amide bonds. The quantitative estimate of drug-likeness (QED) is 0.332. The predicted octanol–water partition coefficient (Wildman–Crippen LogP) is 5.96. The summed E-state index contributed by atoms with van der Waals surface area (Å²) in [6.45, 7) is 0. The number of carbonyl (C=O) groups is 1. The highest BCUT2D eigenvalue weighted by atomic mass is 32.2. The standard InChI is InChI=1S/C23H20N2O4S2/c1-27-16-8-9-20(28-2)18(12-16)19-14-31-23(24-19)25-22(26)21-15(10-11-29-21)13-30-17-6-4-3-5-7-17/h3-12,14H,13H2,1-2H3,(H,24,25,26). The van der Waals surface area contributed by atoms with Crippen LogP contribution in [0.15, 0.2) is 75.6 Å². The van der Waals surface area contributed by atoms with Gasteiger partial charge in [0.1, 0.15) is 11.5 Å². The Balaban J connectivity index is 1.48. The van der Waals surface area contributed by atoms with E-state index in [-0.39, 0.29) is 5.91 Å². The van der Waals surface area contributed by atoms with Crippen LogP contribution in [0.5, 0.6) is 11.5 Å². The van der Waals surface area contributed by atoms with Crippen molar-refractivity contribution in [2.45, 2.75) is 10.6 Å². The number of thioether (sulfide) groups is 1. The summed E-state index contributed by atoms with van der Waals surface area (Å²) < 4.78 is 16.2. The molecule has 0 spiro atoms. The van der Waals surface area contributed by atoms with Gasteiger partial charge in [0.2, 0.25) is 0 Å². The molecule has 1 N–H and O–H groups in total. The first-order valence-electron chi connectivity index (χ1n) is 9.41. The van der Waals surface area contributed by atoms with Gasteiger partial charge in [0, 0.05) is 27.2 Å². The van der Waals surface area contributed by atoms with Crippen LogP contribution in [0.25, 0.3) is 11.3 Å². The van der Waals surface area contributed by atoms with E-state index in [0.717, 1.165) is 16.0 Å². The van der Waals surface area contributed by atoms with Crippen molar-refractivity contribution in [2.24, 2.45) is 0 Å². The molecule has 0 fully saturated rings. The van der Waals surface area contributed by atoms with E-state index in [9.17, 15) is 4.79 Å². The van der Waals surface area contributed by atoms with Crippen LogP contribution in [0, 0.1) is 0 Å². The highest BCUT2D eigenvalue weighted by Crippen LogP contribution is 2.35. The van der Waals surface area contributed by atoms with Crippen LogP contribution in [0.4, 0.5) is 5.13 Å². The van der Waals surface area contributed by atoms with Crippen molar-refractivity contribution in [3.8, 4) is 22.8 Å². The summed E-state index contributed by atoms with van der Waals surface area (Å²) in [6.07, 6.45) is 1.53. The number of ether oxygens (including phenoxy) is 2. The molecule has 158 valence electrons. The zero-order valence-electron chi connectivity index (χ0n) is 17.0. The fourth-order valence-electron chi connectivity index (χ4n) is 2.95. The summed E-state index contributed by atoms with van der Waals surface area (Å²) in [7, 11) is 3.21. The maximum Gasteiger partial charge on any atom is 0.293 e. The van der Waals surface area contributed by atoms with E-state index in [1.807, 2.05) is 60.0 Å². The Hall–Kier alpha value is -3.23. The highest BCUT2D eigenvalue weighted by molar-refractivity contribution is 7.98. The number of anilines is 1. The predicted molar refractivity (Wildman–Crippen MR) is 123 cm³/mol. The second-order valence-electron chi connectivity index (χ2n) is 6.43. The lowest BCUT2D eigenvalue weighted by atomic mass is 10.1. The Labute approximate surface area is 188 Å². The van der Waals surface area contributed by atoms with Gasteiger partial charge >= 0.3 is 0 Å². The number of furan rings is 1. The molecule has 0 atom stereocenters. The topological polar surface area (TPSA) is 73.6 Å². The largest absolute Gasteiger partial charge is 0.497 e. The summed E-state index contributed by atoms with van der Waals surface area (Å²) >= 11 is 2.98. The highest BCUT2D eigenvalue weighted by Gasteiger charge is 2.18. The Bertz CT molecular complexity index is 1170. The number of hydrogen-bond acceptors (Lipinski definition) is 7. The molecule has 4 rings (SSSR count). The summed E-state index contributed by atoms with van der Waals surface area (Å²) in [6, 6.07) is 17.3. The smallest absolute Gasteiger partial charge is 0.293 e. The number of hydrogen-bond donors (Lipinski definition) is 1. The first-order chi connectivity index (χ1) is 15.2. The van der Waals surface area contributed by atoms with Crippen LogP contribution in [0.3, 0.4) is 0 Å². The van der Waals surface area contributed by atoms with Gasteiger partial charge in [-0.05, 0) is 36.4 Å². The minimum Gasteiger partial charge on any atom is -0.497 e. The summed E-state index contributed by atoms with van der Waals surface area (Å²) in [4.78, 5) is 18.5. The van der Waals surface area contributed by atoms with E-state index >= 15 is 0 Å². The summed E-state index contributed by atoms with van der Waals surface area (Å²) in [5.41, 5.74) is 2.31. The second kappa shape index (κ2) is 9.72. The van der Waals surface area contributed by atoms with Gasteiger partial charge in [-0.3, -0.25) is 10.1 Å². The van der Waals surface area contributed by atoms with Crippen molar-refractivity contribution in [3.05, 3.63) is 77.6 Å². The van der Waals surface area contributed by atoms with E-state index in [1.165, 1.54) is 17.6 Å². The molecule has 2 aromatic carbocycles. The van der Waals surface area contributed by atoms with Gasteiger partial charge in [-0.2, -0.15) is 0 Å². The minimum atomic E-state index is -0.327. The van der Waals surface area contributed by atoms with Crippen molar-refractivity contribution >= 4 is 34.1 Å². The average molecular weight is 453 g/mol. The molecule has 0 aliphatic rings. The lowest BCUT2D eigenvalue weighted by Crippen LogP contribution is -2.12. The van der Waals surface area contributed by atoms with E-state index < -0.39 is 0 Å². The van der Waals surface area contributed by atoms with Gasteiger partial charge in [0.05, 0.1) is 26.2 Å². The average Bonchev–Trinajstić information content (AvgIpc) is 3.47. The molecule has 0 radical (unpaired) electrons. The lowest BCUT2D eigenvalue weighted by molar-refractivity contribution is 0.0995. The van der Waals surface area contributed by atoms with Crippen molar-refractivity contribution in [1.29, 1.82) is 0 Å². The third kappa shape index (κ3) is 4.92. The normalized spacial score (nSPS) is 10.6. The summed E-state index contributed by atoms with van der Waals surface area (Å²) in [5.74, 6) is 1.97. The van der Waals surface area contributed by atoms with Crippen molar-refractivity contribution in [2.75, 3.05) is 19.5 Å². The molecule has 0 aliphatic carbocycles. The molecule has 6 nitrogen and oxygen atoms in total. The zero-order valence-corrected chi connectivity index (χ0v) is 18.6. The molecule has 8 heteroatoms. The SMILES string of the molecule is COc1ccc(OC)c(-c2csc(NC(=O)c3occc3CSc3ccccc3)n2)c1. The number of rotatable bonds is 8. The van der Waals surface area contributed by atoms with Crippen LogP contribution < -0.4 is 14.8 Å². The van der Waals surface area contributed by atoms with E-state index in [4.69, 9.17) is 13.9 Å². The summed E-state index contributed by atoms with van der Waals surface area (Å²) in [5, 5.41) is 5.17. The molecule has 2 heterocycles. The molecule has 0 bridgehead atoms. The molecule has 0 unspecified atom stereocenters. The Morgan fingerprint density at radius 3 is 2.74 bits per heavy atom. The number of nitrogens with zero attached hydrogens (tertiary/aromatic N) is 1. The number of methoxy groups -OCH3 is 2. The molecule has 4 aromatic rings. The molecular formula is C23H20N2O4S2. The van der Waals surface area contributed by atoms with Crippen LogP contribution >= 0.6 is 23.1 Å². The molecule has 0 aliphatic heterocycles. The van der Waals surface area contributed by atoms with Gasteiger partial charge in [0.15, 0.2) is 10.9 Å². The third-order valence-electron chi connectivity index (χ3n) is 4.50. The Morgan fingerprint density at radius 1 is 1.13 bits per heavy atom. The fraction of sp³-hybridized carbons (Fsp3) is 0.130. The van der Waals surface area contributed by atoms with Gasteiger partial charge in [-0.1, -0.05) is 18.2 Å². The van der Waals surface area contributed by atoms with Crippen molar-refractivity contribution in [3.63, 3.8) is 0 Å². The van der Waals surface area contributed by atoms with Gasteiger partial charge in [-0.15, -0.1) is 23.1 Å². The maximum atomic E-state index is 12.8. The van der Waals surface area contributed by atoms with E-state index in [1.54, 1.807) is 26.0 Å². The molecule has 2 aromatic heterocycles. The number of aromatic nitrogens is 1. The number of benzene rings is 2.